The summed E-state index contributed by atoms with van der Waals surface area (Å²) in [5.41, 5.74) is 22.4. The second kappa shape index (κ2) is 20.1. The lowest BCUT2D eigenvalue weighted by molar-refractivity contribution is -0.131. The first-order valence-corrected chi connectivity index (χ1v) is 20.0. The second-order valence-corrected chi connectivity index (χ2v) is 15.2. The first-order chi connectivity index (χ1) is 27.0. The van der Waals surface area contributed by atoms with Crippen molar-refractivity contribution in [1.29, 1.82) is 0 Å². The molecule has 2 saturated heterocycles. The van der Waals surface area contributed by atoms with E-state index < -0.39 is 12.3 Å². The van der Waals surface area contributed by atoms with E-state index in [0.29, 0.717) is 61.1 Å². The van der Waals surface area contributed by atoms with Gasteiger partial charge in [0, 0.05) is 42.7 Å². The number of para-hydroxylation sites is 1. The number of phenolic OH excluding ortho intramolecular Hbond substituents is 1. The van der Waals surface area contributed by atoms with Gasteiger partial charge < -0.3 is 52.6 Å². The molecular formula is C44H61N7O5. The maximum absolute atomic E-state index is 13.2. The van der Waals surface area contributed by atoms with Gasteiger partial charge in [-0.25, -0.2) is 0 Å². The molecule has 3 aromatic carbocycles. The van der Waals surface area contributed by atoms with Crippen LogP contribution in [0, 0.1) is 0 Å². The minimum absolute atomic E-state index is 0.0645. The number of carbonyl (C=O) groups is 2. The van der Waals surface area contributed by atoms with Crippen molar-refractivity contribution in [3.05, 3.63) is 113 Å². The number of likely N-dealkylation sites (tertiary alicyclic amines) is 2. The summed E-state index contributed by atoms with van der Waals surface area (Å²) < 4.78 is 5.98. The van der Waals surface area contributed by atoms with Crippen LogP contribution in [-0.2, 0) is 15.0 Å². The van der Waals surface area contributed by atoms with Crippen molar-refractivity contribution in [2.45, 2.75) is 88.9 Å². The van der Waals surface area contributed by atoms with E-state index in [1.165, 1.54) is 18.1 Å². The normalized spacial score (nSPS) is 17.4. The number of hydrogen-bond acceptors (Lipinski definition) is 10. The molecule has 2 fully saturated rings. The number of amides is 2. The van der Waals surface area contributed by atoms with Crippen molar-refractivity contribution in [1.82, 2.24) is 20.4 Å². The van der Waals surface area contributed by atoms with Crippen LogP contribution in [0.2, 0.25) is 0 Å². The molecule has 2 aliphatic heterocycles. The van der Waals surface area contributed by atoms with E-state index in [1.807, 2.05) is 43.3 Å². The second-order valence-electron chi connectivity index (χ2n) is 15.2. The Morgan fingerprint density at radius 2 is 1.61 bits per heavy atom. The number of carbonyl (C=O) groups excluding carboxylic acids is 2. The summed E-state index contributed by atoms with van der Waals surface area (Å²) in [5, 5.41) is 25.7. The molecule has 2 heterocycles. The predicted molar refractivity (Wildman–Crippen MR) is 221 cm³/mol. The van der Waals surface area contributed by atoms with Crippen molar-refractivity contribution in [3.63, 3.8) is 0 Å². The van der Waals surface area contributed by atoms with Gasteiger partial charge in [-0.15, -0.1) is 0 Å². The molecule has 56 heavy (non-hydrogen) atoms. The molecular weight excluding hydrogens is 707 g/mol. The van der Waals surface area contributed by atoms with E-state index in [-0.39, 0.29) is 28.8 Å². The number of rotatable bonds is 17. The lowest BCUT2D eigenvalue weighted by atomic mass is 9.72. The van der Waals surface area contributed by atoms with Crippen molar-refractivity contribution < 1.29 is 24.5 Å². The average molecular weight is 768 g/mol. The SMILES string of the molecule is CCCC(Oc1ccc(C2CCN(CCCC(=O)NCC3(c4ccccc4)CCN(C(/C=C(\N)c4ccccc4O)=C(N)N)CC3)CC2)cc1)C(=O)NC(C)O. The fraction of sp³-hybridized carbons (Fsp3) is 0.455. The Kier molecular flexibility index (Phi) is 15.1. The molecule has 2 atom stereocenters. The lowest BCUT2D eigenvalue weighted by Crippen LogP contribution is -2.49. The molecule has 12 nitrogen and oxygen atoms in total. The van der Waals surface area contributed by atoms with E-state index in [9.17, 15) is 19.8 Å². The van der Waals surface area contributed by atoms with Crippen LogP contribution in [0.5, 0.6) is 11.5 Å². The van der Waals surface area contributed by atoms with Gasteiger partial charge in [0.15, 0.2) is 6.10 Å². The van der Waals surface area contributed by atoms with Crippen molar-refractivity contribution >= 4 is 17.5 Å². The molecule has 2 aliphatic rings. The maximum Gasteiger partial charge on any atom is 0.263 e. The highest BCUT2D eigenvalue weighted by molar-refractivity contribution is 5.81. The molecule has 0 aromatic heterocycles. The van der Waals surface area contributed by atoms with Gasteiger partial charge in [0.05, 0.1) is 5.70 Å². The summed E-state index contributed by atoms with van der Waals surface area (Å²) in [6.07, 6.45) is 6.44. The smallest absolute Gasteiger partial charge is 0.263 e. The van der Waals surface area contributed by atoms with Gasteiger partial charge in [-0.05, 0) is 112 Å². The van der Waals surface area contributed by atoms with Gasteiger partial charge in [0.25, 0.3) is 5.91 Å². The first-order valence-electron chi connectivity index (χ1n) is 20.0. The number of allylic oxidation sites excluding steroid dienone is 1. The Morgan fingerprint density at radius 1 is 0.946 bits per heavy atom. The standard InChI is InChI=1S/C44H61N7O5/c1-3-10-40(43(55)49-31(2)52)56-35-18-16-32(17-19-35)33-20-25-50(26-21-33)24-9-15-41(54)48-30-44(34-11-5-4-6-12-34)22-27-51(28-23-44)38(42(46)47)29-37(45)36-13-7-8-14-39(36)53/h4-8,11-14,16-19,29,31,33,40,52-53H,3,9-10,15,20-28,30,45-47H2,1-2H3,(H,48,54)(H,49,55)/b37-29-. The third-order valence-corrected chi connectivity index (χ3v) is 11.2. The minimum Gasteiger partial charge on any atom is -0.507 e. The quantitative estimate of drug-likeness (QED) is 0.0755. The van der Waals surface area contributed by atoms with Crippen LogP contribution in [0.1, 0.15) is 87.8 Å². The molecule has 2 amide bonds. The summed E-state index contributed by atoms with van der Waals surface area (Å²) in [4.78, 5) is 30.3. The van der Waals surface area contributed by atoms with Crippen LogP contribution in [-0.4, -0.2) is 83.4 Å². The maximum atomic E-state index is 13.2. The third kappa shape index (κ3) is 11.4. The number of nitrogens with one attached hydrogen (secondary N) is 2. The summed E-state index contributed by atoms with van der Waals surface area (Å²) in [6.45, 7) is 8.23. The average Bonchev–Trinajstić information content (AvgIpc) is 3.20. The first kappa shape index (κ1) is 42.0. The van der Waals surface area contributed by atoms with E-state index in [1.54, 1.807) is 24.3 Å². The van der Waals surface area contributed by atoms with Gasteiger partial charge in [-0.2, -0.15) is 0 Å². The van der Waals surface area contributed by atoms with Gasteiger partial charge in [0.2, 0.25) is 5.91 Å². The van der Waals surface area contributed by atoms with Crippen molar-refractivity contribution in [2.75, 3.05) is 39.3 Å². The molecule has 0 bridgehead atoms. The van der Waals surface area contributed by atoms with Crippen LogP contribution < -0.4 is 32.6 Å². The van der Waals surface area contributed by atoms with Gasteiger partial charge in [-0.3, -0.25) is 9.59 Å². The summed E-state index contributed by atoms with van der Waals surface area (Å²) in [7, 11) is 0. The monoisotopic (exact) mass is 767 g/mol. The number of aromatic hydroxyl groups is 1. The zero-order valence-corrected chi connectivity index (χ0v) is 33.0. The van der Waals surface area contributed by atoms with Crippen molar-refractivity contribution in [3.8, 4) is 11.5 Å². The lowest BCUT2D eigenvalue weighted by Gasteiger charge is -2.43. The number of aliphatic hydroxyl groups is 1. The summed E-state index contributed by atoms with van der Waals surface area (Å²) in [5.74, 6) is 1.10. The molecule has 302 valence electrons. The van der Waals surface area contributed by atoms with E-state index in [4.69, 9.17) is 21.9 Å². The minimum atomic E-state index is -0.923. The Morgan fingerprint density at radius 3 is 2.23 bits per heavy atom. The van der Waals surface area contributed by atoms with Crippen molar-refractivity contribution in [2.24, 2.45) is 17.2 Å². The fourth-order valence-electron chi connectivity index (χ4n) is 7.93. The molecule has 12 heteroatoms. The number of benzene rings is 3. The number of aliphatic hydroxyl groups excluding tert-OH is 1. The molecule has 0 saturated carbocycles. The van der Waals surface area contributed by atoms with E-state index >= 15 is 0 Å². The predicted octanol–water partition coefficient (Wildman–Crippen LogP) is 4.59. The number of nitrogens with two attached hydrogens (primary N) is 3. The molecule has 0 radical (unpaired) electrons. The number of ether oxygens (including phenoxy) is 1. The zero-order chi connectivity index (χ0) is 40.1. The largest absolute Gasteiger partial charge is 0.507 e. The molecule has 5 rings (SSSR count). The molecule has 0 spiro atoms. The fourth-order valence-corrected chi connectivity index (χ4v) is 7.93. The Hall–Kier alpha value is -5.20. The molecule has 2 unspecified atom stereocenters. The van der Waals surface area contributed by atoms with Gasteiger partial charge >= 0.3 is 0 Å². The van der Waals surface area contributed by atoms with Crippen LogP contribution in [0.25, 0.3) is 5.70 Å². The van der Waals surface area contributed by atoms with E-state index in [2.05, 4.69) is 44.7 Å². The number of nitrogens with zero attached hydrogens (tertiary/aromatic N) is 2. The number of phenols is 1. The number of piperidine rings is 2. The third-order valence-electron chi connectivity index (χ3n) is 11.2. The Balaban J connectivity index is 1.08. The summed E-state index contributed by atoms with van der Waals surface area (Å²) >= 11 is 0. The topological polar surface area (TPSA) is 192 Å². The zero-order valence-electron chi connectivity index (χ0n) is 33.0. The van der Waals surface area contributed by atoms with Crippen LogP contribution in [0.3, 0.4) is 0 Å². The highest BCUT2D eigenvalue weighted by atomic mass is 16.5. The van der Waals surface area contributed by atoms with Crippen LogP contribution in [0.15, 0.2) is 96.5 Å². The van der Waals surface area contributed by atoms with Gasteiger partial charge in [-0.1, -0.05) is 67.9 Å². The highest BCUT2D eigenvalue weighted by Gasteiger charge is 2.37. The highest BCUT2D eigenvalue weighted by Crippen LogP contribution is 2.37. The van der Waals surface area contributed by atoms with Crippen LogP contribution in [0.4, 0.5) is 0 Å². The Labute approximate surface area is 331 Å². The molecule has 10 N–H and O–H groups in total. The molecule has 3 aromatic rings. The van der Waals surface area contributed by atoms with E-state index in [0.717, 1.165) is 58.2 Å². The van der Waals surface area contributed by atoms with Crippen LogP contribution >= 0.6 is 0 Å². The van der Waals surface area contributed by atoms with Gasteiger partial charge in [0.1, 0.15) is 23.5 Å². The Bertz CT molecular complexity index is 1780. The summed E-state index contributed by atoms with van der Waals surface area (Å²) in [6, 6.07) is 25.3. The number of hydrogen-bond donors (Lipinski definition) is 7. The molecule has 0 aliphatic carbocycles.